The average molecular weight is 264 g/mol. The number of nitrogens with one attached hydrogen (secondary N) is 1. The number of aromatic nitrogens is 3. The van der Waals surface area contributed by atoms with E-state index in [1.807, 2.05) is 13.2 Å². The third kappa shape index (κ3) is 2.71. The first kappa shape index (κ1) is 14.2. The molecule has 1 aromatic rings. The van der Waals surface area contributed by atoms with Crippen molar-refractivity contribution in [1.29, 1.82) is 0 Å². The number of ketones is 1. The molecule has 106 valence electrons. The van der Waals surface area contributed by atoms with Crippen LogP contribution in [-0.2, 0) is 10.2 Å². The summed E-state index contributed by atoms with van der Waals surface area (Å²) < 4.78 is 1.74. The van der Waals surface area contributed by atoms with Crippen LogP contribution < -0.4 is 5.32 Å². The van der Waals surface area contributed by atoms with Gasteiger partial charge in [0.15, 0.2) is 5.78 Å². The number of hydrogen-bond acceptors (Lipinski definition) is 4. The van der Waals surface area contributed by atoms with Crippen molar-refractivity contribution in [3.63, 3.8) is 0 Å². The number of carbonyl (C=O) groups is 1. The highest BCUT2D eigenvalue weighted by Gasteiger charge is 2.46. The van der Waals surface area contributed by atoms with E-state index >= 15 is 0 Å². The van der Waals surface area contributed by atoms with E-state index in [4.69, 9.17) is 0 Å². The Morgan fingerprint density at radius 2 is 2.16 bits per heavy atom. The molecule has 0 aromatic carbocycles. The molecule has 1 unspecified atom stereocenters. The van der Waals surface area contributed by atoms with E-state index < -0.39 is 0 Å². The fraction of sp³-hybridized carbons (Fsp3) is 0.786. The third-order valence-electron chi connectivity index (χ3n) is 3.89. The second kappa shape index (κ2) is 4.71. The van der Waals surface area contributed by atoms with Gasteiger partial charge in [0.1, 0.15) is 6.04 Å². The summed E-state index contributed by atoms with van der Waals surface area (Å²) in [6.45, 7) is 8.71. The average Bonchev–Trinajstić information content (AvgIpc) is 2.87. The van der Waals surface area contributed by atoms with Crippen LogP contribution in [0.4, 0.5) is 0 Å². The van der Waals surface area contributed by atoms with Crippen molar-refractivity contribution in [3.05, 3.63) is 11.9 Å². The Balaban J connectivity index is 2.27. The summed E-state index contributed by atoms with van der Waals surface area (Å²) >= 11 is 0. The molecule has 0 radical (unpaired) electrons. The van der Waals surface area contributed by atoms with Gasteiger partial charge >= 0.3 is 0 Å². The van der Waals surface area contributed by atoms with Gasteiger partial charge in [0, 0.05) is 18.2 Å². The minimum absolute atomic E-state index is 0.127. The maximum Gasteiger partial charge on any atom is 0.154 e. The minimum atomic E-state index is -0.251. The highest BCUT2D eigenvalue weighted by Crippen LogP contribution is 2.47. The summed E-state index contributed by atoms with van der Waals surface area (Å²) in [4.78, 5) is 11.9. The van der Waals surface area contributed by atoms with Crippen LogP contribution in [0, 0.1) is 5.41 Å². The maximum absolute atomic E-state index is 11.9. The molecule has 2 rings (SSSR count). The van der Waals surface area contributed by atoms with Gasteiger partial charge in [-0.2, -0.15) is 0 Å². The smallest absolute Gasteiger partial charge is 0.154 e. The van der Waals surface area contributed by atoms with Crippen LogP contribution in [0.5, 0.6) is 0 Å². The molecule has 1 fully saturated rings. The molecule has 5 nitrogen and oxygen atoms in total. The zero-order chi connectivity index (χ0) is 14.3. The molecular formula is C14H24N4O. The van der Waals surface area contributed by atoms with Gasteiger partial charge in [-0.15, -0.1) is 5.10 Å². The first-order valence-electron chi connectivity index (χ1n) is 6.87. The zero-order valence-electron chi connectivity index (χ0n) is 12.5. The van der Waals surface area contributed by atoms with E-state index in [1.54, 1.807) is 11.6 Å². The lowest BCUT2D eigenvalue weighted by molar-refractivity contribution is -0.123. The molecule has 1 N–H and O–H groups in total. The lowest BCUT2D eigenvalue weighted by atomic mass is 9.84. The summed E-state index contributed by atoms with van der Waals surface area (Å²) in [6.07, 6.45) is 4.25. The molecule has 5 heteroatoms. The van der Waals surface area contributed by atoms with Crippen molar-refractivity contribution in [2.24, 2.45) is 5.41 Å². The number of Topliss-reactive ketones (excluding diaryl/α,β-unsaturated/α-hetero) is 1. The fourth-order valence-corrected chi connectivity index (χ4v) is 2.85. The Kier molecular flexibility index (Phi) is 3.51. The van der Waals surface area contributed by atoms with Crippen molar-refractivity contribution in [2.75, 3.05) is 13.6 Å². The first-order chi connectivity index (χ1) is 8.80. The molecule has 0 amide bonds. The van der Waals surface area contributed by atoms with Crippen LogP contribution in [0.25, 0.3) is 0 Å². The van der Waals surface area contributed by atoms with Crippen LogP contribution in [0.15, 0.2) is 6.20 Å². The van der Waals surface area contributed by atoms with Crippen LogP contribution in [0.3, 0.4) is 0 Å². The Labute approximate surface area is 114 Å². The number of rotatable bonds is 5. The summed E-state index contributed by atoms with van der Waals surface area (Å²) in [6, 6.07) is -0.251. The van der Waals surface area contributed by atoms with Gasteiger partial charge in [-0.3, -0.25) is 4.79 Å². The van der Waals surface area contributed by atoms with Crippen molar-refractivity contribution in [1.82, 2.24) is 20.3 Å². The second-order valence-electron chi connectivity index (χ2n) is 6.77. The molecule has 0 bridgehead atoms. The highest BCUT2D eigenvalue weighted by molar-refractivity contribution is 5.80. The van der Waals surface area contributed by atoms with Gasteiger partial charge in [-0.25, -0.2) is 4.68 Å². The predicted octanol–water partition coefficient (Wildman–Crippen LogP) is 1.71. The van der Waals surface area contributed by atoms with E-state index in [1.165, 1.54) is 0 Å². The van der Waals surface area contributed by atoms with E-state index in [0.717, 1.165) is 25.1 Å². The standard InChI is InChI=1S/C14H24N4O/c1-10(19)12(13(2,3)4)18-8-11(16-17-18)14(6-7-14)9-15-5/h8,12,15H,6-7,9H2,1-5H3. The summed E-state index contributed by atoms with van der Waals surface area (Å²) in [5.74, 6) is 0.127. The van der Waals surface area contributed by atoms with Crippen molar-refractivity contribution in [2.45, 2.75) is 52.0 Å². The molecule has 0 aliphatic heterocycles. The molecule has 1 aliphatic rings. The number of carbonyl (C=O) groups excluding carboxylic acids is 1. The molecule has 0 saturated heterocycles. The fourth-order valence-electron chi connectivity index (χ4n) is 2.85. The van der Waals surface area contributed by atoms with Gasteiger partial charge in [0.05, 0.1) is 5.69 Å². The zero-order valence-corrected chi connectivity index (χ0v) is 12.5. The van der Waals surface area contributed by atoms with Crippen molar-refractivity contribution >= 4 is 5.78 Å². The largest absolute Gasteiger partial charge is 0.319 e. The quantitative estimate of drug-likeness (QED) is 0.879. The minimum Gasteiger partial charge on any atom is -0.319 e. The summed E-state index contributed by atoms with van der Waals surface area (Å²) in [7, 11) is 1.96. The summed E-state index contributed by atoms with van der Waals surface area (Å²) in [5.41, 5.74) is 1.00. The summed E-state index contributed by atoms with van der Waals surface area (Å²) in [5, 5.41) is 11.7. The number of hydrogen-bond donors (Lipinski definition) is 1. The molecular weight excluding hydrogens is 240 g/mol. The maximum atomic E-state index is 11.9. The monoisotopic (exact) mass is 264 g/mol. The third-order valence-corrected chi connectivity index (χ3v) is 3.89. The van der Waals surface area contributed by atoms with Gasteiger partial charge < -0.3 is 5.32 Å². The van der Waals surface area contributed by atoms with Gasteiger partial charge in [-0.05, 0) is 32.2 Å². The van der Waals surface area contributed by atoms with Gasteiger partial charge in [0.25, 0.3) is 0 Å². The molecule has 19 heavy (non-hydrogen) atoms. The SMILES string of the molecule is CNCC1(c2cn(C(C(C)=O)C(C)(C)C)nn2)CC1. The molecule has 1 atom stereocenters. The van der Waals surface area contributed by atoms with Crippen LogP contribution in [0.2, 0.25) is 0 Å². The molecule has 1 aliphatic carbocycles. The van der Waals surface area contributed by atoms with Crippen LogP contribution >= 0.6 is 0 Å². The van der Waals surface area contributed by atoms with Crippen LogP contribution in [-0.4, -0.2) is 34.4 Å². The number of likely N-dealkylation sites (N-methyl/N-ethyl adjacent to an activating group) is 1. The topological polar surface area (TPSA) is 59.8 Å². The van der Waals surface area contributed by atoms with Crippen molar-refractivity contribution in [3.8, 4) is 0 Å². The molecule has 1 heterocycles. The van der Waals surface area contributed by atoms with E-state index in [9.17, 15) is 4.79 Å². The molecule has 1 saturated carbocycles. The first-order valence-corrected chi connectivity index (χ1v) is 6.87. The Bertz CT molecular complexity index is 468. The lowest BCUT2D eigenvalue weighted by Crippen LogP contribution is -2.30. The van der Waals surface area contributed by atoms with E-state index in [-0.39, 0.29) is 22.7 Å². The molecule has 1 aromatic heterocycles. The van der Waals surface area contributed by atoms with Gasteiger partial charge in [-0.1, -0.05) is 26.0 Å². The normalized spacial score (nSPS) is 19.2. The Morgan fingerprint density at radius 1 is 1.53 bits per heavy atom. The second-order valence-corrected chi connectivity index (χ2v) is 6.77. The van der Waals surface area contributed by atoms with E-state index in [0.29, 0.717) is 0 Å². The van der Waals surface area contributed by atoms with Crippen molar-refractivity contribution < 1.29 is 4.79 Å². The predicted molar refractivity (Wildman–Crippen MR) is 74.0 cm³/mol. The Hall–Kier alpha value is -1.23. The lowest BCUT2D eigenvalue weighted by Gasteiger charge is -2.28. The Morgan fingerprint density at radius 3 is 2.58 bits per heavy atom. The van der Waals surface area contributed by atoms with Crippen LogP contribution in [0.1, 0.15) is 52.3 Å². The molecule has 0 spiro atoms. The number of nitrogens with zero attached hydrogens (tertiary/aromatic N) is 3. The van der Waals surface area contributed by atoms with E-state index in [2.05, 4.69) is 36.4 Å². The van der Waals surface area contributed by atoms with Gasteiger partial charge in [0.2, 0.25) is 0 Å². The highest BCUT2D eigenvalue weighted by atomic mass is 16.1.